The van der Waals surface area contributed by atoms with Gasteiger partial charge in [0.15, 0.2) is 0 Å². The van der Waals surface area contributed by atoms with Gasteiger partial charge in [0.2, 0.25) is 5.96 Å². The zero-order valence-corrected chi connectivity index (χ0v) is 11.9. The van der Waals surface area contributed by atoms with Gasteiger partial charge in [-0.1, -0.05) is 37.5 Å². The fraction of sp³-hybridized carbons (Fsp3) is 0.533. The molecule has 1 fully saturated rings. The smallest absolute Gasteiger partial charge is 0.206 e. The van der Waals surface area contributed by atoms with Crippen LogP contribution in [0.1, 0.15) is 50.6 Å². The molecule has 1 aliphatic carbocycles. The molecule has 110 valence electrons. The van der Waals surface area contributed by atoms with Crippen molar-refractivity contribution in [1.29, 1.82) is 0 Å². The second kappa shape index (κ2) is 7.24. The fourth-order valence-electron chi connectivity index (χ4n) is 2.62. The van der Waals surface area contributed by atoms with Crippen molar-refractivity contribution in [2.45, 2.75) is 51.1 Å². The lowest BCUT2D eigenvalue weighted by Crippen LogP contribution is -2.43. The van der Waals surface area contributed by atoms with Gasteiger partial charge >= 0.3 is 0 Å². The van der Waals surface area contributed by atoms with E-state index in [9.17, 15) is 4.39 Å². The van der Waals surface area contributed by atoms with Crippen LogP contribution in [0, 0.1) is 5.82 Å². The summed E-state index contributed by atoms with van der Waals surface area (Å²) in [5.41, 5.74) is 3.20. The number of benzene rings is 1. The lowest BCUT2D eigenvalue weighted by Gasteiger charge is -2.22. The minimum atomic E-state index is -0.221. The number of hydrazine groups is 1. The second-order valence-electron chi connectivity index (χ2n) is 5.30. The third-order valence-corrected chi connectivity index (χ3v) is 3.75. The molecule has 20 heavy (non-hydrogen) atoms. The van der Waals surface area contributed by atoms with Crippen LogP contribution in [0.15, 0.2) is 29.3 Å². The molecule has 0 bridgehead atoms. The molecule has 4 N–H and O–H groups in total. The van der Waals surface area contributed by atoms with Gasteiger partial charge in [-0.3, -0.25) is 5.43 Å². The molecule has 1 aromatic carbocycles. The molecule has 0 amide bonds. The maximum Gasteiger partial charge on any atom is 0.206 e. The first-order chi connectivity index (χ1) is 9.70. The highest BCUT2D eigenvalue weighted by atomic mass is 19.1. The van der Waals surface area contributed by atoms with Crippen LogP contribution in [-0.2, 0) is 0 Å². The fourth-order valence-corrected chi connectivity index (χ4v) is 2.62. The molecule has 1 unspecified atom stereocenters. The van der Waals surface area contributed by atoms with Crippen molar-refractivity contribution in [3.8, 4) is 0 Å². The first-order valence-corrected chi connectivity index (χ1v) is 7.26. The predicted octanol–water partition coefficient (Wildman–Crippen LogP) is 2.63. The molecule has 0 aromatic heterocycles. The quantitative estimate of drug-likeness (QED) is 0.345. The number of hydrogen-bond donors (Lipinski definition) is 3. The Bertz CT molecular complexity index is 455. The zero-order valence-electron chi connectivity index (χ0n) is 11.9. The lowest BCUT2D eigenvalue weighted by atomic mass is 9.96. The lowest BCUT2D eigenvalue weighted by molar-refractivity contribution is 0.440. The van der Waals surface area contributed by atoms with E-state index in [1.807, 2.05) is 13.0 Å². The van der Waals surface area contributed by atoms with Crippen LogP contribution in [0.2, 0.25) is 0 Å². The highest BCUT2D eigenvalue weighted by Crippen LogP contribution is 2.20. The molecule has 1 saturated carbocycles. The number of nitrogens with one attached hydrogen (secondary N) is 2. The Morgan fingerprint density at radius 2 is 2.00 bits per heavy atom. The van der Waals surface area contributed by atoms with Crippen LogP contribution in [0.25, 0.3) is 0 Å². The van der Waals surface area contributed by atoms with E-state index in [0.29, 0.717) is 17.6 Å². The Labute approximate surface area is 119 Å². The molecular weight excluding hydrogens is 255 g/mol. The van der Waals surface area contributed by atoms with Gasteiger partial charge in [-0.05, 0) is 25.8 Å². The molecule has 1 aliphatic rings. The largest absolute Gasteiger partial charge is 0.349 e. The molecule has 0 saturated heterocycles. The molecule has 0 spiro atoms. The van der Waals surface area contributed by atoms with E-state index in [-0.39, 0.29) is 11.9 Å². The van der Waals surface area contributed by atoms with Gasteiger partial charge in [-0.2, -0.15) is 0 Å². The van der Waals surface area contributed by atoms with Crippen molar-refractivity contribution < 1.29 is 4.39 Å². The van der Waals surface area contributed by atoms with Crippen molar-refractivity contribution in [3.05, 3.63) is 35.6 Å². The third kappa shape index (κ3) is 3.93. The van der Waals surface area contributed by atoms with Crippen molar-refractivity contribution in [2.75, 3.05) is 0 Å². The minimum Gasteiger partial charge on any atom is -0.349 e. The van der Waals surface area contributed by atoms with Crippen LogP contribution >= 0.6 is 0 Å². The monoisotopic (exact) mass is 278 g/mol. The number of nitrogens with zero attached hydrogens (tertiary/aromatic N) is 1. The SMILES string of the molecule is CC(NC(=NC1CCCCC1)NN)c1ccccc1F. The summed E-state index contributed by atoms with van der Waals surface area (Å²) in [6, 6.07) is 6.86. The second-order valence-corrected chi connectivity index (χ2v) is 5.30. The molecule has 5 heteroatoms. The van der Waals surface area contributed by atoms with E-state index >= 15 is 0 Å². The van der Waals surface area contributed by atoms with E-state index in [2.05, 4.69) is 15.7 Å². The molecule has 2 rings (SSSR count). The van der Waals surface area contributed by atoms with Crippen molar-refractivity contribution >= 4 is 5.96 Å². The Balaban J connectivity index is 2.02. The van der Waals surface area contributed by atoms with Gasteiger partial charge in [0.1, 0.15) is 5.82 Å². The standard InChI is InChI=1S/C15H23FN4/c1-11(13-9-5-6-10-14(13)16)18-15(20-17)19-12-7-3-2-4-8-12/h5-6,9-12H,2-4,7-8,17H2,1H3,(H2,18,19,20). The average Bonchev–Trinajstić information content (AvgIpc) is 2.48. The normalized spacial score (nSPS) is 18.6. The number of hydrogen-bond acceptors (Lipinski definition) is 2. The van der Waals surface area contributed by atoms with Gasteiger partial charge in [-0.25, -0.2) is 15.2 Å². The van der Waals surface area contributed by atoms with Crippen LogP contribution in [0.5, 0.6) is 0 Å². The summed E-state index contributed by atoms with van der Waals surface area (Å²) in [6.07, 6.45) is 5.92. The van der Waals surface area contributed by atoms with E-state index in [4.69, 9.17) is 5.84 Å². The maximum absolute atomic E-state index is 13.7. The average molecular weight is 278 g/mol. The van der Waals surface area contributed by atoms with Crippen LogP contribution < -0.4 is 16.6 Å². The third-order valence-electron chi connectivity index (χ3n) is 3.75. The summed E-state index contributed by atoms with van der Waals surface area (Å²) in [5.74, 6) is 5.83. The van der Waals surface area contributed by atoms with Gasteiger partial charge in [0.25, 0.3) is 0 Å². The Kier molecular flexibility index (Phi) is 5.35. The summed E-state index contributed by atoms with van der Waals surface area (Å²) in [5, 5.41) is 3.14. The summed E-state index contributed by atoms with van der Waals surface area (Å²) < 4.78 is 13.7. The van der Waals surface area contributed by atoms with E-state index in [1.54, 1.807) is 12.1 Å². The van der Waals surface area contributed by atoms with E-state index < -0.39 is 0 Å². The molecular formula is C15H23FN4. The Hall–Kier alpha value is -1.62. The van der Waals surface area contributed by atoms with Gasteiger partial charge in [-0.15, -0.1) is 0 Å². The van der Waals surface area contributed by atoms with Gasteiger partial charge in [0, 0.05) is 5.56 Å². The zero-order chi connectivity index (χ0) is 14.4. The van der Waals surface area contributed by atoms with Crippen LogP contribution in [0.4, 0.5) is 4.39 Å². The molecule has 1 aromatic rings. The van der Waals surface area contributed by atoms with Crippen molar-refractivity contribution in [1.82, 2.24) is 10.7 Å². The highest BCUT2D eigenvalue weighted by Gasteiger charge is 2.15. The Morgan fingerprint density at radius 1 is 1.30 bits per heavy atom. The molecule has 4 nitrogen and oxygen atoms in total. The number of guanidine groups is 1. The first-order valence-electron chi connectivity index (χ1n) is 7.26. The van der Waals surface area contributed by atoms with Gasteiger partial charge < -0.3 is 5.32 Å². The van der Waals surface area contributed by atoms with Crippen LogP contribution in [0.3, 0.4) is 0 Å². The molecule has 0 heterocycles. The van der Waals surface area contributed by atoms with E-state index in [1.165, 1.54) is 25.3 Å². The summed E-state index contributed by atoms with van der Waals surface area (Å²) in [4.78, 5) is 4.60. The molecule has 0 radical (unpaired) electrons. The number of rotatable bonds is 3. The van der Waals surface area contributed by atoms with Gasteiger partial charge in [0.05, 0.1) is 12.1 Å². The van der Waals surface area contributed by atoms with Crippen molar-refractivity contribution in [3.63, 3.8) is 0 Å². The first kappa shape index (κ1) is 14.8. The number of halogens is 1. The minimum absolute atomic E-state index is 0.186. The highest BCUT2D eigenvalue weighted by molar-refractivity contribution is 5.79. The van der Waals surface area contributed by atoms with Crippen LogP contribution in [-0.4, -0.2) is 12.0 Å². The summed E-state index contributed by atoms with van der Waals surface area (Å²) in [7, 11) is 0. The maximum atomic E-state index is 13.7. The number of nitrogens with two attached hydrogens (primary N) is 1. The number of aliphatic imine (C=N–C) groups is 1. The predicted molar refractivity (Wildman–Crippen MR) is 79.6 cm³/mol. The van der Waals surface area contributed by atoms with E-state index in [0.717, 1.165) is 12.8 Å². The summed E-state index contributed by atoms with van der Waals surface area (Å²) >= 11 is 0. The molecule has 1 atom stereocenters. The summed E-state index contributed by atoms with van der Waals surface area (Å²) in [6.45, 7) is 1.89. The van der Waals surface area contributed by atoms with Crippen molar-refractivity contribution in [2.24, 2.45) is 10.8 Å². The molecule has 0 aliphatic heterocycles. The topological polar surface area (TPSA) is 62.4 Å². The Morgan fingerprint density at radius 3 is 2.65 bits per heavy atom.